The van der Waals surface area contributed by atoms with Crippen molar-refractivity contribution in [3.8, 4) is 11.5 Å². The van der Waals surface area contributed by atoms with E-state index in [1.807, 2.05) is 90.7 Å². The summed E-state index contributed by atoms with van der Waals surface area (Å²) in [5, 5.41) is 10.1. The number of carbonyl (C=O) groups is 2. The first-order chi connectivity index (χ1) is 19.8. The van der Waals surface area contributed by atoms with Gasteiger partial charge < -0.3 is 29.0 Å². The summed E-state index contributed by atoms with van der Waals surface area (Å²) in [4.78, 5) is 28.1. The number of β-lactam (4-membered cyclic amide) rings is 1. The number of aliphatic hydroxyl groups is 1. The van der Waals surface area contributed by atoms with E-state index >= 15 is 0 Å². The molecule has 0 saturated carbocycles. The van der Waals surface area contributed by atoms with E-state index in [-0.39, 0.29) is 37.1 Å². The van der Waals surface area contributed by atoms with E-state index in [0.717, 1.165) is 28.2 Å². The molecule has 3 aromatic rings. The molecule has 0 spiro atoms. The zero-order valence-electron chi connectivity index (χ0n) is 24.1. The van der Waals surface area contributed by atoms with Gasteiger partial charge in [-0.25, -0.2) is 4.79 Å². The van der Waals surface area contributed by atoms with E-state index in [9.17, 15) is 14.7 Å². The van der Waals surface area contributed by atoms with Crippen LogP contribution in [0.3, 0.4) is 0 Å². The van der Waals surface area contributed by atoms with E-state index in [1.165, 1.54) is 0 Å². The predicted molar refractivity (Wildman–Crippen MR) is 155 cm³/mol. The maximum Gasteiger partial charge on any atom is 0.508 e. The zero-order chi connectivity index (χ0) is 29.4. The highest BCUT2D eigenvalue weighted by molar-refractivity contribution is 5.87. The Morgan fingerprint density at radius 2 is 1.37 bits per heavy atom. The SMILES string of the molecule is COc1ccc(CC(Cc2ccc(OC)cc2)N2C(=O)C([C@@H](C)OC(=O)OCc3ccccc3)C2[C@@H](C)CO)cc1. The highest BCUT2D eigenvalue weighted by Crippen LogP contribution is 2.39. The molecule has 0 radical (unpaired) electrons. The van der Waals surface area contributed by atoms with Crippen molar-refractivity contribution in [1.82, 2.24) is 4.90 Å². The van der Waals surface area contributed by atoms with Crippen molar-refractivity contribution < 1.29 is 33.6 Å². The lowest BCUT2D eigenvalue weighted by Crippen LogP contribution is -2.70. The Morgan fingerprint density at radius 1 is 0.829 bits per heavy atom. The summed E-state index contributed by atoms with van der Waals surface area (Å²) in [7, 11) is 3.25. The van der Waals surface area contributed by atoms with Crippen molar-refractivity contribution in [1.29, 1.82) is 0 Å². The Hall–Kier alpha value is -4.04. The number of hydrogen-bond acceptors (Lipinski definition) is 7. The topological polar surface area (TPSA) is 94.5 Å². The van der Waals surface area contributed by atoms with E-state index in [2.05, 4.69) is 0 Å². The van der Waals surface area contributed by atoms with Gasteiger partial charge in [-0.3, -0.25) is 4.79 Å². The summed E-state index contributed by atoms with van der Waals surface area (Å²) in [5.74, 6) is 0.606. The Morgan fingerprint density at radius 3 is 1.85 bits per heavy atom. The van der Waals surface area contributed by atoms with Gasteiger partial charge in [0.25, 0.3) is 0 Å². The van der Waals surface area contributed by atoms with Gasteiger partial charge in [0.05, 0.1) is 26.2 Å². The van der Waals surface area contributed by atoms with E-state index in [0.29, 0.717) is 12.8 Å². The molecule has 1 saturated heterocycles. The summed E-state index contributed by atoms with van der Waals surface area (Å²) in [6.07, 6.45) is -0.325. The molecule has 4 rings (SSSR count). The maximum atomic E-state index is 13.8. The third-order valence-electron chi connectivity index (χ3n) is 7.74. The first-order valence-electron chi connectivity index (χ1n) is 13.9. The number of benzene rings is 3. The van der Waals surface area contributed by atoms with Crippen LogP contribution in [0.4, 0.5) is 4.79 Å². The van der Waals surface area contributed by atoms with Crippen molar-refractivity contribution in [3.63, 3.8) is 0 Å². The number of methoxy groups -OCH3 is 2. The van der Waals surface area contributed by atoms with Gasteiger partial charge in [-0.05, 0) is 60.7 Å². The molecular weight excluding hydrogens is 522 g/mol. The second kappa shape index (κ2) is 14.0. The van der Waals surface area contributed by atoms with Crippen LogP contribution in [0.5, 0.6) is 11.5 Å². The van der Waals surface area contributed by atoms with E-state index in [1.54, 1.807) is 21.1 Å². The summed E-state index contributed by atoms with van der Waals surface area (Å²) >= 11 is 0. The summed E-state index contributed by atoms with van der Waals surface area (Å²) in [6.45, 7) is 3.60. The molecule has 1 N–H and O–H groups in total. The first-order valence-corrected chi connectivity index (χ1v) is 13.9. The van der Waals surface area contributed by atoms with Crippen molar-refractivity contribution in [2.75, 3.05) is 20.8 Å². The van der Waals surface area contributed by atoms with Crippen LogP contribution in [0.2, 0.25) is 0 Å². The lowest BCUT2D eigenvalue weighted by atomic mass is 9.74. The van der Waals surface area contributed by atoms with Gasteiger partial charge >= 0.3 is 6.16 Å². The second-order valence-electron chi connectivity index (χ2n) is 10.5. The monoisotopic (exact) mass is 561 g/mol. The highest BCUT2D eigenvalue weighted by atomic mass is 16.7. The highest BCUT2D eigenvalue weighted by Gasteiger charge is 2.55. The number of likely N-dealkylation sites (tertiary alicyclic amines) is 1. The van der Waals surface area contributed by atoms with Gasteiger partial charge in [-0.2, -0.15) is 0 Å². The molecule has 8 heteroatoms. The fraction of sp³-hybridized carbons (Fsp3) is 0.394. The molecule has 1 aliphatic heterocycles. The number of nitrogens with zero attached hydrogens (tertiary/aromatic N) is 1. The number of rotatable bonds is 13. The third kappa shape index (κ3) is 7.38. The van der Waals surface area contributed by atoms with E-state index < -0.39 is 18.2 Å². The lowest BCUT2D eigenvalue weighted by molar-refractivity contribution is -0.176. The van der Waals surface area contributed by atoms with Crippen LogP contribution in [-0.4, -0.2) is 61.1 Å². The normalized spacial score (nSPS) is 17.9. The average Bonchev–Trinajstić information content (AvgIpc) is 2.99. The predicted octanol–water partition coefficient (Wildman–Crippen LogP) is 5.05. The minimum atomic E-state index is -0.823. The van der Waals surface area contributed by atoms with Crippen LogP contribution in [0.1, 0.15) is 30.5 Å². The molecule has 2 unspecified atom stereocenters. The number of amides is 1. The van der Waals surface area contributed by atoms with Crippen LogP contribution in [0.25, 0.3) is 0 Å². The molecule has 0 bridgehead atoms. The molecule has 0 aromatic heterocycles. The summed E-state index contributed by atoms with van der Waals surface area (Å²) in [6, 6.07) is 24.5. The molecule has 218 valence electrons. The molecule has 1 fully saturated rings. The van der Waals surface area contributed by atoms with Crippen LogP contribution in [0.15, 0.2) is 78.9 Å². The minimum Gasteiger partial charge on any atom is -0.497 e. The van der Waals surface area contributed by atoms with E-state index in [4.69, 9.17) is 18.9 Å². The Kier molecular flexibility index (Phi) is 10.2. The van der Waals surface area contributed by atoms with Crippen LogP contribution in [0, 0.1) is 11.8 Å². The quantitative estimate of drug-likeness (QED) is 0.230. The van der Waals surface area contributed by atoms with Crippen LogP contribution >= 0.6 is 0 Å². The number of aliphatic hydroxyl groups excluding tert-OH is 1. The lowest BCUT2D eigenvalue weighted by Gasteiger charge is -2.54. The van der Waals surface area contributed by atoms with Crippen LogP contribution < -0.4 is 9.47 Å². The Labute approximate surface area is 241 Å². The molecule has 8 nitrogen and oxygen atoms in total. The van der Waals surface area contributed by atoms with Crippen LogP contribution in [-0.2, 0) is 33.7 Å². The molecular formula is C33H39NO7. The second-order valence-corrected chi connectivity index (χ2v) is 10.5. The summed E-state index contributed by atoms with van der Waals surface area (Å²) in [5.41, 5.74) is 2.96. The van der Waals surface area contributed by atoms with Gasteiger partial charge in [-0.15, -0.1) is 0 Å². The molecule has 1 heterocycles. The maximum absolute atomic E-state index is 13.8. The minimum absolute atomic E-state index is 0.0827. The molecule has 41 heavy (non-hydrogen) atoms. The standard InChI is InChI=1S/C33H39NO7/c1-22(20-35)31-30(23(2)41-33(37)40-21-26-8-6-5-7-9-26)32(36)34(31)27(18-24-10-14-28(38-3)15-11-24)19-25-12-16-29(39-4)17-13-25/h5-17,22-23,27,30-31,35H,18-21H2,1-4H3/t22-,23+,30?,31?/m0/s1. The zero-order valence-corrected chi connectivity index (χ0v) is 24.1. The van der Waals surface area contributed by atoms with Gasteiger partial charge in [0.2, 0.25) is 5.91 Å². The fourth-order valence-corrected chi connectivity index (χ4v) is 5.51. The Balaban J connectivity index is 1.52. The molecule has 1 amide bonds. The number of ether oxygens (including phenoxy) is 4. The molecule has 1 aliphatic rings. The van der Waals surface area contributed by atoms with Gasteiger partial charge in [0, 0.05) is 18.6 Å². The third-order valence-corrected chi connectivity index (χ3v) is 7.74. The number of carbonyl (C=O) groups excluding carboxylic acids is 2. The van der Waals surface area contributed by atoms with Crippen molar-refractivity contribution in [3.05, 3.63) is 95.6 Å². The average molecular weight is 562 g/mol. The smallest absolute Gasteiger partial charge is 0.497 e. The molecule has 0 aliphatic carbocycles. The van der Waals surface area contributed by atoms with Crippen molar-refractivity contribution >= 4 is 12.1 Å². The van der Waals surface area contributed by atoms with Crippen molar-refractivity contribution in [2.24, 2.45) is 11.8 Å². The summed E-state index contributed by atoms with van der Waals surface area (Å²) < 4.78 is 21.5. The van der Waals surface area contributed by atoms with Gasteiger partial charge in [-0.1, -0.05) is 61.5 Å². The molecule has 3 aromatic carbocycles. The number of hydrogen-bond donors (Lipinski definition) is 1. The Bertz CT molecular complexity index is 1210. The van der Waals surface area contributed by atoms with Gasteiger partial charge in [0.15, 0.2) is 0 Å². The first kappa shape index (κ1) is 29.9. The fourth-order valence-electron chi connectivity index (χ4n) is 5.51. The van der Waals surface area contributed by atoms with Gasteiger partial charge in [0.1, 0.15) is 24.2 Å². The van der Waals surface area contributed by atoms with Crippen molar-refractivity contribution in [2.45, 2.75) is 51.5 Å². The molecule has 4 atom stereocenters. The largest absolute Gasteiger partial charge is 0.508 e.